The van der Waals surface area contributed by atoms with E-state index in [0.717, 1.165) is 31.6 Å². The van der Waals surface area contributed by atoms with Crippen LogP contribution < -0.4 is 10.0 Å². The first-order chi connectivity index (χ1) is 11.9. The lowest BCUT2D eigenvalue weighted by Gasteiger charge is -2.32. The third-order valence-corrected chi connectivity index (χ3v) is 5.66. The van der Waals surface area contributed by atoms with E-state index in [2.05, 4.69) is 15.1 Å². The van der Waals surface area contributed by atoms with Crippen molar-refractivity contribution < 1.29 is 13.2 Å². The number of rotatable bonds is 5. The Kier molecular flexibility index (Phi) is 5.75. The van der Waals surface area contributed by atoms with Crippen LogP contribution in [-0.2, 0) is 21.4 Å². The molecule has 1 aromatic rings. The van der Waals surface area contributed by atoms with Crippen molar-refractivity contribution in [2.24, 2.45) is 0 Å². The fraction of sp³-hybridized carbons (Fsp3) is 0.750. The van der Waals surface area contributed by atoms with Gasteiger partial charge >= 0.3 is 0 Å². The Hall–Kier alpha value is -1.45. The number of carbonyl (C=O) groups is 1. The predicted octanol–water partition coefficient (Wildman–Crippen LogP) is -0.110. The smallest absolute Gasteiger partial charge is 0.244 e. The van der Waals surface area contributed by atoms with Crippen LogP contribution in [-0.4, -0.2) is 67.5 Å². The Morgan fingerprint density at radius 2 is 2.12 bits per heavy atom. The minimum absolute atomic E-state index is 0.0363. The summed E-state index contributed by atoms with van der Waals surface area (Å²) in [5, 5.41) is 7.95. The van der Waals surface area contributed by atoms with Crippen molar-refractivity contribution in [3.8, 4) is 0 Å². The lowest BCUT2D eigenvalue weighted by molar-refractivity contribution is -0.133. The van der Waals surface area contributed by atoms with Crippen LogP contribution in [0.25, 0.3) is 0 Å². The Morgan fingerprint density at radius 1 is 1.36 bits per heavy atom. The Labute approximate surface area is 149 Å². The van der Waals surface area contributed by atoms with Gasteiger partial charge in [-0.25, -0.2) is 13.1 Å². The van der Waals surface area contributed by atoms with Crippen molar-refractivity contribution in [3.63, 3.8) is 0 Å². The summed E-state index contributed by atoms with van der Waals surface area (Å²) in [6, 6.07) is 1.93. The van der Waals surface area contributed by atoms with E-state index < -0.39 is 10.0 Å². The number of nitrogens with zero attached hydrogens (tertiary/aromatic N) is 3. The number of hydrogen-bond donors (Lipinski definition) is 2. The van der Waals surface area contributed by atoms with E-state index in [1.54, 1.807) is 9.58 Å². The number of aromatic nitrogens is 2. The third-order valence-electron chi connectivity index (χ3n) is 4.90. The first kappa shape index (κ1) is 18.3. The summed E-state index contributed by atoms with van der Waals surface area (Å²) in [5.74, 6) is 0.470. The molecule has 2 aliphatic heterocycles. The Bertz CT molecular complexity index is 688. The van der Waals surface area contributed by atoms with E-state index in [1.165, 1.54) is 6.26 Å². The van der Waals surface area contributed by atoms with Crippen molar-refractivity contribution >= 4 is 15.9 Å². The molecular formula is C16H27N5O3S. The van der Waals surface area contributed by atoms with Gasteiger partial charge in [-0.15, -0.1) is 0 Å². The molecule has 0 bridgehead atoms. The molecule has 2 aliphatic rings. The van der Waals surface area contributed by atoms with Crippen LogP contribution in [0.2, 0.25) is 0 Å². The molecule has 1 atom stereocenters. The van der Waals surface area contributed by atoms with E-state index in [9.17, 15) is 13.2 Å². The van der Waals surface area contributed by atoms with Crippen LogP contribution in [0.15, 0.2) is 12.3 Å². The maximum Gasteiger partial charge on any atom is 0.244 e. The number of hydrogen-bond acceptors (Lipinski definition) is 5. The molecule has 0 radical (unpaired) electrons. The molecule has 0 spiro atoms. The molecule has 9 heteroatoms. The molecule has 1 aromatic heterocycles. The summed E-state index contributed by atoms with van der Waals surface area (Å²) in [6.45, 7) is 3.41. The molecule has 3 rings (SSSR count). The number of sulfonamides is 1. The highest BCUT2D eigenvalue weighted by Crippen LogP contribution is 2.21. The van der Waals surface area contributed by atoms with Crippen LogP contribution >= 0.6 is 0 Å². The number of piperidine rings is 2. The van der Waals surface area contributed by atoms with Gasteiger partial charge in [0.25, 0.3) is 0 Å². The average molecular weight is 369 g/mol. The highest BCUT2D eigenvalue weighted by Gasteiger charge is 2.25. The largest absolute Gasteiger partial charge is 0.341 e. The highest BCUT2D eigenvalue weighted by molar-refractivity contribution is 7.88. The summed E-state index contributed by atoms with van der Waals surface area (Å²) in [5.41, 5.74) is 1.05. The van der Waals surface area contributed by atoms with E-state index in [1.807, 2.05) is 12.3 Å². The number of nitrogens with one attached hydrogen (secondary N) is 2. The van der Waals surface area contributed by atoms with Crippen LogP contribution in [0.5, 0.6) is 0 Å². The van der Waals surface area contributed by atoms with Gasteiger partial charge in [-0.05, 0) is 38.3 Å². The zero-order valence-electron chi connectivity index (χ0n) is 14.6. The van der Waals surface area contributed by atoms with Gasteiger partial charge in [0.05, 0.1) is 11.9 Å². The minimum atomic E-state index is -3.19. The first-order valence-corrected chi connectivity index (χ1v) is 10.8. The van der Waals surface area contributed by atoms with E-state index >= 15 is 0 Å². The molecule has 2 fully saturated rings. The molecule has 8 nitrogen and oxygen atoms in total. The molecule has 0 saturated carbocycles. The Balaban J connectivity index is 1.49. The second-order valence-electron chi connectivity index (χ2n) is 7.03. The normalized spacial score (nSPS) is 22.9. The van der Waals surface area contributed by atoms with Crippen molar-refractivity contribution in [3.05, 3.63) is 18.0 Å². The van der Waals surface area contributed by atoms with Gasteiger partial charge < -0.3 is 10.2 Å². The molecule has 3 heterocycles. The van der Waals surface area contributed by atoms with E-state index in [0.29, 0.717) is 31.8 Å². The van der Waals surface area contributed by atoms with E-state index in [-0.39, 0.29) is 18.5 Å². The summed E-state index contributed by atoms with van der Waals surface area (Å²) in [4.78, 5) is 14.3. The van der Waals surface area contributed by atoms with Crippen molar-refractivity contribution in [2.45, 2.75) is 44.2 Å². The van der Waals surface area contributed by atoms with Gasteiger partial charge in [0.1, 0.15) is 6.54 Å². The van der Waals surface area contributed by atoms with Crippen LogP contribution in [0, 0.1) is 0 Å². The van der Waals surface area contributed by atoms with Crippen molar-refractivity contribution in [2.75, 3.05) is 32.4 Å². The quantitative estimate of drug-likeness (QED) is 0.755. The summed E-state index contributed by atoms with van der Waals surface area (Å²) in [7, 11) is -3.19. The average Bonchev–Trinajstić information content (AvgIpc) is 3.03. The van der Waals surface area contributed by atoms with Gasteiger partial charge in [0.15, 0.2) is 0 Å². The van der Waals surface area contributed by atoms with Gasteiger partial charge in [-0.2, -0.15) is 5.10 Å². The molecule has 0 aromatic carbocycles. The fourth-order valence-corrected chi connectivity index (χ4v) is 4.42. The molecule has 0 aliphatic carbocycles. The molecule has 0 unspecified atom stereocenters. The van der Waals surface area contributed by atoms with Crippen LogP contribution in [0.4, 0.5) is 0 Å². The SMILES string of the molecule is CS(=O)(=O)NC1CCN(C(=O)Cn2ccc([C@@H]3CCCNC3)n2)CC1. The monoisotopic (exact) mass is 369 g/mol. The maximum atomic E-state index is 12.5. The van der Waals surface area contributed by atoms with Gasteiger partial charge in [0, 0.05) is 37.8 Å². The second kappa shape index (κ2) is 7.84. The first-order valence-electron chi connectivity index (χ1n) is 8.90. The molecule has 140 valence electrons. The minimum Gasteiger partial charge on any atom is -0.341 e. The standard InChI is InChI=1S/C16H27N5O3S/c1-25(23,24)19-14-4-8-20(9-5-14)16(22)12-21-10-6-15(18-21)13-3-2-7-17-11-13/h6,10,13-14,17,19H,2-5,7-9,11-12H2,1H3/t13-/m1/s1. The molecular weight excluding hydrogens is 342 g/mol. The third kappa shape index (κ3) is 5.26. The molecule has 2 N–H and O–H groups in total. The summed E-state index contributed by atoms with van der Waals surface area (Å²) >= 11 is 0. The lowest BCUT2D eigenvalue weighted by atomic mass is 9.97. The van der Waals surface area contributed by atoms with Crippen LogP contribution in [0.3, 0.4) is 0 Å². The molecule has 25 heavy (non-hydrogen) atoms. The highest BCUT2D eigenvalue weighted by atomic mass is 32.2. The maximum absolute atomic E-state index is 12.5. The lowest BCUT2D eigenvalue weighted by Crippen LogP contribution is -2.47. The zero-order valence-corrected chi connectivity index (χ0v) is 15.5. The van der Waals surface area contributed by atoms with Gasteiger partial charge in [-0.3, -0.25) is 9.48 Å². The molecule has 2 saturated heterocycles. The fourth-order valence-electron chi connectivity index (χ4n) is 3.58. The topological polar surface area (TPSA) is 96.3 Å². The summed E-state index contributed by atoms with van der Waals surface area (Å²) < 4.78 is 26.9. The number of carbonyl (C=O) groups excluding carboxylic acids is 1. The van der Waals surface area contributed by atoms with Gasteiger partial charge in [0.2, 0.25) is 15.9 Å². The zero-order chi connectivity index (χ0) is 17.9. The Morgan fingerprint density at radius 3 is 2.76 bits per heavy atom. The second-order valence-corrected chi connectivity index (χ2v) is 8.81. The number of amides is 1. The van der Waals surface area contributed by atoms with E-state index in [4.69, 9.17) is 0 Å². The summed E-state index contributed by atoms with van der Waals surface area (Å²) in [6.07, 6.45) is 6.64. The van der Waals surface area contributed by atoms with Crippen molar-refractivity contribution in [1.29, 1.82) is 0 Å². The number of likely N-dealkylation sites (tertiary alicyclic amines) is 1. The van der Waals surface area contributed by atoms with Crippen molar-refractivity contribution in [1.82, 2.24) is 24.7 Å². The predicted molar refractivity (Wildman–Crippen MR) is 94.7 cm³/mol. The van der Waals surface area contributed by atoms with Gasteiger partial charge in [-0.1, -0.05) is 0 Å². The molecule has 1 amide bonds. The van der Waals surface area contributed by atoms with Crippen LogP contribution in [0.1, 0.15) is 37.3 Å².